The van der Waals surface area contributed by atoms with Crippen LogP contribution in [0.15, 0.2) is 16.8 Å². The number of carboxylic acids is 1. The summed E-state index contributed by atoms with van der Waals surface area (Å²) in [6.07, 6.45) is 2.96. The number of halogens is 2. The Kier molecular flexibility index (Phi) is 3.55. The molecule has 0 aliphatic heterocycles. The van der Waals surface area contributed by atoms with E-state index in [1.165, 1.54) is 17.0 Å². The summed E-state index contributed by atoms with van der Waals surface area (Å²) in [4.78, 5) is 10.7. The lowest BCUT2D eigenvalue weighted by Gasteiger charge is -1.93. The monoisotopic (exact) mass is 234 g/mol. The van der Waals surface area contributed by atoms with Crippen molar-refractivity contribution in [2.45, 2.75) is 13.5 Å². The van der Waals surface area contributed by atoms with Gasteiger partial charge in [-0.05, 0) is 13.0 Å². The van der Waals surface area contributed by atoms with E-state index in [9.17, 15) is 4.79 Å². The van der Waals surface area contributed by atoms with Gasteiger partial charge in [-0.1, -0.05) is 23.2 Å². The molecule has 4 nitrogen and oxygen atoms in total. The third-order valence-corrected chi connectivity index (χ3v) is 1.92. The van der Waals surface area contributed by atoms with Crippen molar-refractivity contribution in [1.82, 2.24) is 9.78 Å². The Morgan fingerprint density at radius 2 is 2.36 bits per heavy atom. The van der Waals surface area contributed by atoms with Gasteiger partial charge in [-0.2, -0.15) is 5.10 Å². The SMILES string of the molecule is Cc1nn(CC=C(Cl)Cl)cc1C(=O)O. The first-order valence-corrected chi connectivity index (χ1v) is 4.55. The summed E-state index contributed by atoms with van der Waals surface area (Å²) in [7, 11) is 0. The summed E-state index contributed by atoms with van der Waals surface area (Å²) in [6.45, 7) is 1.99. The third-order valence-electron chi connectivity index (χ3n) is 1.61. The molecule has 14 heavy (non-hydrogen) atoms. The van der Waals surface area contributed by atoms with Gasteiger partial charge in [-0.3, -0.25) is 4.68 Å². The molecule has 1 heterocycles. The number of hydrogen-bond acceptors (Lipinski definition) is 2. The molecule has 76 valence electrons. The first kappa shape index (κ1) is 11.1. The highest BCUT2D eigenvalue weighted by molar-refractivity contribution is 6.55. The molecule has 6 heteroatoms. The molecule has 0 radical (unpaired) electrons. The van der Waals surface area contributed by atoms with E-state index in [0.29, 0.717) is 12.2 Å². The Bertz CT molecular complexity index is 381. The molecule has 0 aliphatic rings. The number of aryl methyl sites for hydroxylation is 1. The summed E-state index contributed by atoms with van der Waals surface area (Å²) in [5.74, 6) is -0.991. The number of allylic oxidation sites excluding steroid dienone is 1. The zero-order valence-electron chi connectivity index (χ0n) is 7.37. The number of rotatable bonds is 3. The Balaban J connectivity index is 2.86. The highest BCUT2D eigenvalue weighted by Gasteiger charge is 2.10. The second kappa shape index (κ2) is 4.48. The molecule has 0 fully saturated rings. The number of aromatic nitrogens is 2. The van der Waals surface area contributed by atoms with E-state index in [2.05, 4.69) is 5.10 Å². The van der Waals surface area contributed by atoms with Crippen molar-refractivity contribution in [3.8, 4) is 0 Å². The minimum atomic E-state index is -0.991. The standard InChI is InChI=1S/C8H8Cl2N2O2/c1-5-6(8(13)14)4-12(11-5)3-2-7(9)10/h2,4H,3H2,1H3,(H,13,14). The maximum absolute atomic E-state index is 10.7. The van der Waals surface area contributed by atoms with Gasteiger partial charge < -0.3 is 5.11 Å². The van der Waals surface area contributed by atoms with Crippen LogP contribution in [-0.4, -0.2) is 20.9 Å². The number of carboxylic acid groups (broad SMARTS) is 1. The molecule has 1 rings (SSSR count). The van der Waals surface area contributed by atoms with Crippen molar-refractivity contribution in [3.05, 3.63) is 28.0 Å². The molecule has 0 bridgehead atoms. The van der Waals surface area contributed by atoms with Crippen molar-refractivity contribution in [1.29, 1.82) is 0 Å². The van der Waals surface area contributed by atoms with Crippen molar-refractivity contribution in [2.75, 3.05) is 0 Å². The number of hydrogen-bond donors (Lipinski definition) is 1. The lowest BCUT2D eigenvalue weighted by atomic mass is 10.3. The van der Waals surface area contributed by atoms with Crippen LogP contribution in [-0.2, 0) is 6.54 Å². The van der Waals surface area contributed by atoms with Crippen molar-refractivity contribution in [2.24, 2.45) is 0 Å². The summed E-state index contributed by atoms with van der Waals surface area (Å²) in [5, 5.41) is 12.7. The lowest BCUT2D eigenvalue weighted by molar-refractivity contribution is 0.0696. The van der Waals surface area contributed by atoms with Gasteiger partial charge in [-0.15, -0.1) is 0 Å². The maximum Gasteiger partial charge on any atom is 0.339 e. The average Bonchev–Trinajstić information content (AvgIpc) is 2.43. The van der Waals surface area contributed by atoms with Gasteiger partial charge in [0.25, 0.3) is 0 Å². The zero-order valence-corrected chi connectivity index (χ0v) is 8.88. The third kappa shape index (κ3) is 2.75. The van der Waals surface area contributed by atoms with E-state index in [1.807, 2.05) is 0 Å². The van der Waals surface area contributed by atoms with Crippen LogP contribution >= 0.6 is 23.2 Å². The van der Waals surface area contributed by atoms with Crippen LogP contribution in [0, 0.1) is 6.92 Å². The predicted molar refractivity (Wildman–Crippen MR) is 53.7 cm³/mol. The number of aromatic carboxylic acids is 1. The molecule has 0 spiro atoms. The quantitative estimate of drug-likeness (QED) is 0.873. The fraction of sp³-hybridized carbons (Fsp3) is 0.250. The molecule has 0 amide bonds. The van der Waals surface area contributed by atoms with Crippen LogP contribution in [0.2, 0.25) is 0 Å². The Hall–Kier alpha value is -1.00. The van der Waals surface area contributed by atoms with Crippen LogP contribution in [0.1, 0.15) is 16.1 Å². The van der Waals surface area contributed by atoms with Crippen molar-refractivity contribution >= 4 is 29.2 Å². The molecule has 0 unspecified atom stereocenters. The Labute approximate surface area is 90.7 Å². The molecule has 0 saturated heterocycles. The van der Waals surface area contributed by atoms with Crippen LogP contribution < -0.4 is 0 Å². The van der Waals surface area contributed by atoms with Crippen molar-refractivity contribution in [3.63, 3.8) is 0 Å². The molecule has 1 N–H and O–H groups in total. The lowest BCUT2D eigenvalue weighted by Crippen LogP contribution is -1.96. The fourth-order valence-electron chi connectivity index (χ4n) is 0.984. The van der Waals surface area contributed by atoms with Gasteiger partial charge in [0.1, 0.15) is 10.1 Å². The first-order chi connectivity index (χ1) is 6.50. The minimum absolute atomic E-state index is 0.134. The number of carbonyl (C=O) groups is 1. The van der Waals surface area contributed by atoms with Gasteiger partial charge in [-0.25, -0.2) is 4.79 Å². The fourth-order valence-corrected chi connectivity index (χ4v) is 1.12. The minimum Gasteiger partial charge on any atom is -0.478 e. The molecular weight excluding hydrogens is 227 g/mol. The van der Waals surface area contributed by atoms with Gasteiger partial charge >= 0.3 is 5.97 Å². The second-order valence-electron chi connectivity index (χ2n) is 2.65. The maximum atomic E-state index is 10.7. The van der Waals surface area contributed by atoms with E-state index in [0.717, 1.165) is 0 Å². The first-order valence-electron chi connectivity index (χ1n) is 3.79. The van der Waals surface area contributed by atoms with Gasteiger partial charge in [0.05, 0.1) is 12.2 Å². The molecule has 0 atom stereocenters. The number of nitrogens with zero attached hydrogens (tertiary/aromatic N) is 2. The molecule has 0 aromatic carbocycles. The van der Waals surface area contributed by atoms with E-state index < -0.39 is 5.97 Å². The molecular formula is C8H8Cl2N2O2. The van der Waals surface area contributed by atoms with Gasteiger partial charge in [0.2, 0.25) is 0 Å². The summed E-state index contributed by atoms with van der Waals surface area (Å²) in [5.41, 5.74) is 0.653. The van der Waals surface area contributed by atoms with E-state index in [-0.39, 0.29) is 10.1 Å². The normalized spacial score (nSPS) is 9.93. The summed E-state index contributed by atoms with van der Waals surface area (Å²) >= 11 is 10.8. The largest absolute Gasteiger partial charge is 0.478 e. The van der Waals surface area contributed by atoms with Crippen LogP contribution in [0.4, 0.5) is 0 Å². The predicted octanol–water partition coefficient (Wildman–Crippen LogP) is 2.21. The van der Waals surface area contributed by atoms with E-state index in [1.54, 1.807) is 6.92 Å². The van der Waals surface area contributed by atoms with E-state index in [4.69, 9.17) is 28.3 Å². The highest BCUT2D eigenvalue weighted by atomic mass is 35.5. The molecule has 0 aliphatic carbocycles. The second-order valence-corrected chi connectivity index (χ2v) is 3.66. The smallest absolute Gasteiger partial charge is 0.339 e. The topological polar surface area (TPSA) is 55.1 Å². The molecule has 1 aromatic heterocycles. The molecule has 0 saturated carbocycles. The summed E-state index contributed by atoms with van der Waals surface area (Å²) in [6, 6.07) is 0. The van der Waals surface area contributed by atoms with Crippen LogP contribution in [0.25, 0.3) is 0 Å². The highest BCUT2D eigenvalue weighted by Crippen LogP contribution is 2.09. The van der Waals surface area contributed by atoms with Gasteiger partial charge in [0, 0.05) is 6.20 Å². The van der Waals surface area contributed by atoms with Crippen LogP contribution in [0.5, 0.6) is 0 Å². The zero-order chi connectivity index (χ0) is 10.7. The molecule has 1 aromatic rings. The van der Waals surface area contributed by atoms with E-state index >= 15 is 0 Å². The Morgan fingerprint density at radius 1 is 1.71 bits per heavy atom. The Morgan fingerprint density at radius 3 is 2.79 bits per heavy atom. The van der Waals surface area contributed by atoms with Crippen molar-refractivity contribution < 1.29 is 9.90 Å². The van der Waals surface area contributed by atoms with Crippen LogP contribution in [0.3, 0.4) is 0 Å². The average molecular weight is 235 g/mol. The van der Waals surface area contributed by atoms with Gasteiger partial charge in [0.15, 0.2) is 0 Å². The summed E-state index contributed by atoms with van der Waals surface area (Å²) < 4.78 is 1.60.